The van der Waals surface area contributed by atoms with Crippen LogP contribution in [0.4, 0.5) is 8.78 Å². The molecule has 0 bridgehead atoms. The van der Waals surface area contributed by atoms with E-state index in [0.29, 0.717) is 0 Å². The Morgan fingerprint density at radius 1 is 1.21 bits per heavy atom. The maximum atomic E-state index is 13.9. The molecule has 2 rings (SSSR count). The van der Waals surface area contributed by atoms with E-state index in [0.717, 1.165) is 6.07 Å². The second-order valence-corrected chi connectivity index (χ2v) is 3.80. The third-order valence-electron chi connectivity index (χ3n) is 2.58. The first-order chi connectivity index (χ1) is 9.06. The highest BCUT2D eigenvalue weighted by molar-refractivity contribution is 6.09. The Morgan fingerprint density at radius 3 is 2.58 bits per heavy atom. The van der Waals surface area contributed by atoms with Crippen LogP contribution in [0.25, 0.3) is 0 Å². The maximum absolute atomic E-state index is 13.9. The minimum atomic E-state index is -0.944. The molecule has 19 heavy (non-hydrogen) atoms. The van der Waals surface area contributed by atoms with Gasteiger partial charge in [0.25, 0.3) is 0 Å². The summed E-state index contributed by atoms with van der Waals surface area (Å²) in [6.45, 7) is 1.44. The lowest BCUT2D eigenvalue weighted by atomic mass is 10.0. The number of rotatable bonds is 3. The predicted octanol–water partition coefficient (Wildman–Crippen LogP) is 2.30. The van der Waals surface area contributed by atoms with Crippen LogP contribution in [0.1, 0.15) is 21.6 Å². The van der Waals surface area contributed by atoms with E-state index in [1.807, 2.05) is 0 Å². The van der Waals surface area contributed by atoms with Gasteiger partial charge in [-0.2, -0.15) is 0 Å². The zero-order chi connectivity index (χ0) is 14.0. The van der Waals surface area contributed by atoms with Gasteiger partial charge in [-0.1, -0.05) is 6.07 Å². The first-order valence-electron chi connectivity index (χ1n) is 5.40. The lowest BCUT2D eigenvalue weighted by Crippen LogP contribution is -2.12. The van der Waals surface area contributed by atoms with Crippen molar-refractivity contribution < 1.29 is 18.3 Å². The van der Waals surface area contributed by atoms with Crippen molar-refractivity contribution in [1.82, 2.24) is 9.97 Å². The maximum Gasteiger partial charge on any atom is 0.243 e. The highest BCUT2D eigenvalue weighted by atomic mass is 19.1. The molecular formula is C13H10F2N2O2. The van der Waals surface area contributed by atoms with E-state index in [9.17, 15) is 13.6 Å². The van der Waals surface area contributed by atoms with Crippen LogP contribution in [0.15, 0.2) is 24.5 Å². The summed E-state index contributed by atoms with van der Waals surface area (Å²) in [6, 6.07) is 2.30. The van der Waals surface area contributed by atoms with Crippen molar-refractivity contribution in [3.8, 4) is 5.88 Å². The molecule has 0 N–H and O–H groups in total. The fourth-order valence-electron chi connectivity index (χ4n) is 1.61. The topological polar surface area (TPSA) is 52.1 Å². The molecule has 0 aliphatic heterocycles. The van der Waals surface area contributed by atoms with Gasteiger partial charge in [0, 0.05) is 12.4 Å². The molecule has 0 saturated heterocycles. The Balaban J connectivity index is 2.60. The fraction of sp³-hybridized carbons (Fsp3) is 0.154. The SMILES string of the molecule is COc1nccnc1C(=O)c1c(F)ccc(C)c1F. The lowest BCUT2D eigenvalue weighted by molar-refractivity contribution is 0.102. The number of aromatic nitrogens is 2. The molecule has 0 aliphatic carbocycles. The third kappa shape index (κ3) is 2.29. The van der Waals surface area contributed by atoms with E-state index in [1.165, 1.54) is 32.5 Å². The van der Waals surface area contributed by atoms with Crippen molar-refractivity contribution in [3.05, 3.63) is 53.0 Å². The van der Waals surface area contributed by atoms with Gasteiger partial charge in [-0.25, -0.2) is 18.7 Å². The van der Waals surface area contributed by atoms with Crippen molar-refractivity contribution >= 4 is 5.78 Å². The molecule has 1 heterocycles. The molecule has 1 aromatic carbocycles. The number of nitrogens with zero attached hydrogens (tertiary/aromatic N) is 2. The number of ether oxygens (including phenoxy) is 1. The van der Waals surface area contributed by atoms with Gasteiger partial charge in [-0.05, 0) is 18.6 Å². The van der Waals surface area contributed by atoms with Gasteiger partial charge < -0.3 is 4.74 Å². The predicted molar refractivity (Wildman–Crippen MR) is 63.1 cm³/mol. The molecule has 0 radical (unpaired) electrons. The fourth-order valence-corrected chi connectivity index (χ4v) is 1.61. The molecule has 0 aliphatic rings. The van der Waals surface area contributed by atoms with Crippen LogP contribution in [0.2, 0.25) is 0 Å². The summed E-state index contributed by atoms with van der Waals surface area (Å²) in [6.07, 6.45) is 2.57. The van der Waals surface area contributed by atoms with Crippen LogP contribution < -0.4 is 4.74 Å². The van der Waals surface area contributed by atoms with Gasteiger partial charge >= 0.3 is 0 Å². The molecule has 0 spiro atoms. The number of ketones is 1. The zero-order valence-corrected chi connectivity index (χ0v) is 10.3. The Kier molecular flexibility index (Phi) is 3.50. The quantitative estimate of drug-likeness (QED) is 0.798. The van der Waals surface area contributed by atoms with E-state index in [1.54, 1.807) is 0 Å². The van der Waals surface area contributed by atoms with Gasteiger partial charge in [0.15, 0.2) is 5.69 Å². The molecule has 98 valence electrons. The van der Waals surface area contributed by atoms with E-state index in [-0.39, 0.29) is 17.1 Å². The van der Waals surface area contributed by atoms with Gasteiger partial charge in [0.2, 0.25) is 11.7 Å². The van der Waals surface area contributed by atoms with E-state index in [2.05, 4.69) is 9.97 Å². The summed E-state index contributed by atoms with van der Waals surface area (Å²) in [5.41, 5.74) is -0.709. The number of methoxy groups -OCH3 is 1. The van der Waals surface area contributed by atoms with E-state index in [4.69, 9.17) is 4.74 Å². The van der Waals surface area contributed by atoms with Crippen molar-refractivity contribution in [1.29, 1.82) is 0 Å². The minimum absolute atomic E-state index is 0.0761. The number of carbonyl (C=O) groups is 1. The molecule has 0 amide bonds. The number of carbonyl (C=O) groups excluding carboxylic acids is 1. The number of halogens is 2. The average molecular weight is 264 g/mol. The molecule has 1 aromatic heterocycles. The van der Waals surface area contributed by atoms with Gasteiger partial charge in [0.05, 0.1) is 12.7 Å². The average Bonchev–Trinajstić information content (AvgIpc) is 2.43. The summed E-state index contributed by atoms with van der Waals surface area (Å²) in [5.74, 6) is -2.82. The Bertz CT molecular complexity index is 645. The van der Waals surface area contributed by atoms with Crippen LogP contribution in [0.3, 0.4) is 0 Å². The van der Waals surface area contributed by atoms with E-state index >= 15 is 0 Å². The van der Waals surface area contributed by atoms with Crippen LogP contribution in [-0.2, 0) is 0 Å². The highest BCUT2D eigenvalue weighted by Crippen LogP contribution is 2.22. The molecule has 4 nitrogen and oxygen atoms in total. The number of hydrogen-bond acceptors (Lipinski definition) is 4. The zero-order valence-electron chi connectivity index (χ0n) is 10.3. The molecular weight excluding hydrogens is 254 g/mol. The summed E-state index contributed by atoms with van der Waals surface area (Å²) in [4.78, 5) is 19.7. The summed E-state index contributed by atoms with van der Waals surface area (Å²) < 4.78 is 32.4. The normalized spacial score (nSPS) is 10.3. The first-order valence-corrected chi connectivity index (χ1v) is 5.40. The third-order valence-corrected chi connectivity index (χ3v) is 2.58. The van der Waals surface area contributed by atoms with Crippen molar-refractivity contribution in [2.45, 2.75) is 6.92 Å². The Morgan fingerprint density at radius 2 is 1.89 bits per heavy atom. The largest absolute Gasteiger partial charge is 0.479 e. The Labute approximate surface area is 108 Å². The van der Waals surface area contributed by atoms with Crippen LogP contribution in [-0.4, -0.2) is 22.9 Å². The van der Waals surface area contributed by atoms with Crippen LogP contribution in [0.5, 0.6) is 5.88 Å². The Hall–Kier alpha value is -2.37. The lowest BCUT2D eigenvalue weighted by Gasteiger charge is -2.08. The summed E-state index contributed by atoms with van der Waals surface area (Å²) in [5, 5.41) is 0. The minimum Gasteiger partial charge on any atom is -0.479 e. The number of hydrogen-bond donors (Lipinski definition) is 0. The van der Waals surface area contributed by atoms with Crippen LogP contribution >= 0.6 is 0 Å². The second-order valence-electron chi connectivity index (χ2n) is 3.80. The monoisotopic (exact) mass is 264 g/mol. The standard InChI is InChI=1S/C13H10F2N2O2/c1-7-3-4-8(14)9(10(7)15)12(18)11-13(19-2)17-6-5-16-11/h3-6H,1-2H3. The first kappa shape index (κ1) is 13.1. The highest BCUT2D eigenvalue weighted by Gasteiger charge is 2.24. The van der Waals surface area contributed by atoms with E-state index < -0.39 is 23.0 Å². The molecule has 0 unspecified atom stereocenters. The summed E-state index contributed by atoms with van der Waals surface area (Å²) >= 11 is 0. The summed E-state index contributed by atoms with van der Waals surface area (Å²) in [7, 11) is 1.30. The molecule has 0 atom stereocenters. The molecule has 0 fully saturated rings. The van der Waals surface area contributed by atoms with Gasteiger partial charge in [0.1, 0.15) is 11.6 Å². The van der Waals surface area contributed by atoms with Gasteiger partial charge in [-0.15, -0.1) is 0 Å². The molecule has 0 saturated carbocycles. The molecule has 2 aromatic rings. The van der Waals surface area contributed by atoms with Crippen LogP contribution in [0, 0.1) is 18.6 Å². The second kappa shape index (κ2) is 5.09. The van der Waals surface area contributed by atoms with Gasteiger partial charge in [-0.3, -0.25) is 4.79 Å². The number of benzene rings is 1. The smallest absolute Gasteiger partial charge is 0.243 e. The van der Waals surface area contributed by atoms with Crippen molar-refractivity contribution in [2.75, 3.05) is 7.11 Å². The van der Waals surface area contributed by atoms with Crippen molar-refractivity contribution in [2.24, 2.45) is 0 Å². The molecule has 6 heteroatoms. The van der Waals surface area contributed by atoms with Crippen molar-refractivity contribution in [3.63, 3.8) is 0 Å². The number of aryl methyl sites for hydroxylation is 1.